The number of aromatic hydroxyl groups is 2. The minimum Gasteiger partial charge on any atom is -0.508 e. The highest BCUT2D eigenvalue weighted by molar-refractivity contribution is 6.32. The Kier molecular flexibility index (Phi) is 7.25. The third kappa shape index (κ3) is 4.47. The number of nitrogens with zero attached hydrogens (tertiary/aromatic N) is 2. The lowest BCUT2D eigenvalue weighted by Crippen LogP contribution is -2.49. The maximum Gasteiger partial charge on any atom is 0.241 e. The van der Waals surface area contributed by atoms with Crippen LogP contribution < -0.4 is 4.90 Å². The zero-order valence-electron chi connectivity index (χ0n) is 24.6. The predicted molar refractivity (Wildman–Crippen MR) is 168 cm³/mol. The van der Waals surface area contributed by atoms with E-state index in [-0.39, 0.29) is 53.4 Å². The summed E-state index contributed by atoms with van der Waals surface area (Å²) in [4.78, 5) is 58.7. The zero-order chi connectivity index (χ0) is 32.7. The number of phenols is 2. The highest BCUT2D eigenvalue weighted by Crippen LogP contribution is 2.64. The fourth-order valence-electron chi connectivity index (χ4n) is 8.18. The monoisotopic (exact) mass is 662 g/mol. The van der Waals surface area contributed by atoms with E-state index in [9.17, 15) is 33.8 Å². The Balaban J connectivity index is 1.30. The second kappa shape index (κ2) is 11.0. The van der Waals surface area contributed by atoms with Crippen LogP contribution in [0.4, 0.5) is 10.1 Å². The van der Waals surface area contributed by atoms with Gasteiger partial charge in [0.1, 0.15) is 17.3 Å². The molecule has 8 nitrogen and oxygen atoms in total. The number of amides is 4. The molecule has 4 amide bonds. The van der Waals surface area contributed by atoms with Crippen molar-refractivity contribution in [3.8, 4) is 11.5 Å². The molecule has 2 aliphatic heterocycles. The van der Waals surface area contributed by atoms with E-state index in [2.05, 4.69) is 0 Å². The van der Waals surface area contributed by atoms with Crippen molar-refractivity contribution in [2.75, 3.05) is 11.4 Å². The molecule has 6 unspecified atom stereocenters. The van der Waals surface area contributed by atoms with E-state index in [0.717, 1.165) is 16.5 Å². The van der Waals surface area contributed by atoms with Crippen molar-refractivity contribution < 1.29 is 33.8 Å². The van der Waals surface area contributed by atoms with Crippen LogP contribution in [0.25, 0.3) is 0 Å². The van der Waals surface area contributed by atoms with Crippen molar-refractivity contribution in [3.63, 3.8) is 0 Å². The quantitative estimate of drug-likeness (QED) is 0.255. The average Bonchev–Trinajstić information content (AvgIpc) is 3.39. The Morgan fingerprint density at radius 2 is 1.65 bits per heavy atom. The van der Waals surface area contributed by atoms with Gasteiger partial charge >= 0.3 is 0 Å². The summed E-state index contributed by atoms with van der Waals surface area (Å²) in [6, 6.07) is 14.7. The first-order valence-electron chi connectivity index (χ1n) is 15.1. The lowest BCUT2D eigenvalue weighted by atomic mass is 9.51. The van der Waals surface area contributed by atoms with E-state index in [1.165, 1.54) is 29.2 Å². The summed E-state index contributed by atoms with van der Waals surface area (Å²) < 4.78 is 14.1. The molecule has 0 spiro atoms. The molecule has 46 heavy (non-hydrogen) atoms. The number of hydrogen-bond acceptors (Lipinski definition) is 6. The van der Waals surface area contributed by atoms with Gasteiger partial charge in [-0.3, -0.25) is 24.1 Å². The van der Waals surface area contributed by atoms with E-state index in [4.69, 9.17) is 23.2 Å². The van der Waals surface area contributed by atoms with Crippen LogP contribution in [0.15, 0.2) is 72.3 Å². The van der Waals surface area contributed by atoms with Crippen molar-refractivity contribution in [1.82, 2.24) is 4.90 Å². The van der Waals surface area contributed by atoms with Crippen LogP contribution in [0.2, 0.25) is 10.0 Å². The van der Waals surface area contributed by atoms with Gasteiger partial charge in [0.25, 0.3) is 0 Å². The van der Waals surface area contributed by atoms with Gasteiger partial charge in [-0.2, -0.15) is 0 Å². The summed E-state index contributed by atoms with van der Waals surface area (Å²) in [6.45, 7) is 1.84. The molecule has 1 saturated carbocycles. The van der Waals surface area contributed by atoms with Gasteiger partial charge in [0.05, 0.1) is 33.9 Å². The summed E-state index contributed by atoms with van der Waals surface area (Å²) in [6.07, 6.45) is 2.68. The van der Waals surface area contributed by atoms with Gasteiger partial charge < -0.3 is 10.2 Å². The maximum absolute atomic E-state index is 14.4. The first-order valence-corrected chi connectivity index (χ1v) is 15.8. The van der Waals surface area contributed by atoms with Gasteiger partial charge in [-0.15, -0.1) is 0 Å². The summed E-state index contributed by atoms with van der Waals surface area (Å²) >= 11 is 12.5. The molecule has 2 aliphatic carbocycles. The molecular formula is C35H29Cl2FN2O6. The number of carbonyl (C=O) groups is 4. The van der Waals surface area contributed by atoms with Gasteiger partial charge in [0.2, 0.25) is 23.6 Å². The molecule has 11 heteroatoms. The molecule has 7 rings (SSSR count). The predicted octanol–water partition coefficient (Wildman–Crippen LogP) is 6.02. The van der Waals surface area contributed by atoms with Gasteiger partial charge in [-0.25, -0.2) is 9.29 Å². The molecule has 236 valence electrons. The Morgan fingerprint density at radius 1 is 0.913 bits per heavy atom. The average molecular weight is 664 g/mol. The molecule has 0 aromatic heterocycles. The van der Waals surface area contributed by atoms with Crippen molar-refractivity contribution in [2.45, 2.75) is 32.1 Å². The lowest BCUT2D eigenvalue weighted by Gasteiger charge is -2.49. The minimum absolute atomic E-state index is 0.118. The second-order valence-corrected chi connectivity index (χ2v) is 13.6. The number of rotatable bonds is 5. The van der Waals surface area contributed by atoms with E-state index in [1.54, 1.807) is 37.3 Å². The van der Waals surface area contributed by atoms with Gasteiger partial charge in [0.15, 0.2) is 0 Å². The maximum atomic E-state index is 14.4. The van der Waals surface area contributed by atoms with E-state index in [1.807, 2.05) is 6.08 Å². The largest absolute Gasteiger partial charge is 0.508 e. The van der Waals surface area contributed by atoms with Gasteiger partial charge in [0, 0.05) is 23.0 Å². The van der Waals surface area contributed by atoms with Crippen LogP contribution in [0.3, 0.4) is 0 Å². The van der Waals surface area contributed by atoms with Crippen molar-refractivity contribution >= 4 is 52.5 Å². The molecule has 0 radical (unpaired) electrons. The fraction of sp³-hybridized carbons (Fsp3) is 0.314. The Morgan fingerprint density at radius 3 is 2.37 bits per heavy atom. The summed E-state index contributed by atoms with van der Waals surface area (Å²) in [5, 5.41) is 20.8. The Labute approximate surface area is 274 Å². The van der Waals surface area contributed by atoms with Crippen LogP contribution in [0.1, 0.15) is 36.8 Å². The zero-order valence-corrected chi connectivity index (χ0v) is 26.1. The molecule has 2 saturated heterocycles. The summed E-state index contributed by atoms with van der Waals surface area (Å²) in [5.74, 6) is -6.10. The van der Waals surface area contributed by atoms with Crippen molar-refractivity contribution in [2.24, 2.45) is 29.1 Å². The summed E-state index contributed by atoms with van der Waals surface area (Å²) in [7, 11) is 0. The first kappa shape index (κ1) is 30.4. The van der Waals surface area contributed by atoms with E-state index < -0.39 is 52.6 Å². The van der Waals surface area contributed by atoms with Crippen molar-refractivity contribution in [3.05, 3.63) is 99.3 Å². The number of likely N-dealkylation sites (tertiary alicyclic amines) is 1. The van der Waals surface area contributed by atoms with Gasteiger partial charge in [-0.05, 0) is 86.2 Å². The molecule has 2 heterocycles. The molecular weight excluding hydrogens is 634 g/mol. The number of anilines is 1. The standard InChI is InChI=1S/C35H29Cl2FN2O6/c1-35-25(32(44)40(34(35)46)19-5-10-27(38)26(37)15-19)16-23-21(30(35)24-14-18(36)4-11-28(24)42)8-9-22-29(23)33(45)39(31(22)43)13-12-17-2-6-20(41)7-3-17/h2-8,10-11,14-15,22-23,25,29-30,41-42H,9,12-13,16H2,1H3. The number of imide groups is 2. The molecule has 6 atom stereocenters. The number of hydrogen-bond donors (Lipinski definition) is 2. The van der Waals surface area contributed by atoms with E-state index in [0.29, 0.717) is 22.6 Å². The fourth-order valence-corrected chi connectivity index (χ4v) is 8.53. The van der Waals surface area contributed by atoms with Crippen LogP contribution in [-0.2, 0) is 25.6 Å². The van der Waals surface area contributed by atoms with Crippen LogP contribution in [0, 0.1) is 34.9 Å². The molecule has 0 bridgehead atoms. The number of allylic oxidation sites excluding steroid dienone is 2. The van der Waals surface area contributed by atoms with Crippen LogP contribution in [-0.4, -0.2) is 45.3 Å². The molecule has 3 aromatic carbocycles. The highest BCUT2D eigenvalue weighted by atomic mass is 35.5. The molecule has 3 aromatic rings. The van der Waals surface area contributed by atoms with Crippen LogP contribution in [0.5, 0.6) is 11.5 Å². The van der Waals surface area contributed by atoms with Crippen LogP contribution >= 0.6 is 23.2 Å². The number of phenolic OH excluding ortho intramolecular Hbond substituents is 2. The molecule has 2 N–H and O–H groups in total. The summed E-state index contributed by atoms with van der Waals surface area (Å²) in [5.41, 5.74) is 0.621. The van der Waals surface area contributed by atoms with Gasteiger partial charge in [-0.1, -0.05) is 47.0 Å². The van der Waals surface area contributed by atoms with E-state index >= 15 is 0 Å². The molecule has 3 fully saturated rings. The van der Waals surface area contributed by atoms with Crippen molar-refractivity contribution in [1.29, 1.82) is 0 Å². The number of halogens is 3. The number of benzene rings is 3. The minimum atomic E-state index is -1.40. The normalized spacial score (nSPS) is 28.7. The first-order chi connectivity index (χ1) is 21.9. The number of carbonyl (C=O) groups excluding carboxylic acids is 4. The Bertz CT molecular complexity index is 1860. The lowest BCUT2D eigenvalue weighted by molar-refractivity contribution is -0.140. The third-order valence-electron chi connectivity index (χ3n) is 10.4. The third-order valence-corrected chi connectivity index (χ3v) is 10.9. The second-order valence-electron chi connectivity index (χ2n) is 12.7. The number of fused-ring (bicyclic) bond motifs is 4. The topological polar surface area (TPSA) is 115 Å². The SMILES string of the molecule is CC12C(=O)N(c3ccc(F)c(Cl)c3)C(=O)C1CC1C(=CCC3C(=O)N(CCc4ccc(O)cc4)C(=O)C31)C2c1cc(Cl)ccc1O. The molecule has 4 aliphatic rings. The Hall–Kier alpha value is -4.21. The smallest absolute Gasteiger partial charge is 0.241 e. The highest BCUT2D eigenvalue weighted by Gasteiger charge is 2.67.